The van der Waals surface area contributed by atoms with Gasteiger partial charge in [0, 0.05) is 41.2 Å². The van der Waals surface area contributed by atoms with Crippen LogP contribution in [0.3, 0.4) is 0 Å². The van der Waals surface area contributed by atoms with E-state index in [9.17, 15) is 36.4 Å². The summed E-state index contributed by atoms with van der Waals surface area (Å²) in [4.78, 5) is 51.5. The molecule has 3 amide bonds. The van der Waals surface area contributed by atoms with Gasteiger partial charge >= 0.3 is 0 Å². The van der Waals surface area contributed by atoms with Crippen LogP contribution in [0, 0.1) is 5.82 Å². The van der Waals surface area contributed by atoms with E-state index in [1.165, 1.54) is 48.0 Å². The van der Waals surface area contributed by atoms with Crippen molar-refractivity contribution in [3.05, 3.63) is 70.1 Å². The fourth-order valence-corrected chi connectivity index (χ4v) is 6.91. The van der Waals surface area contributed by atoms with Crippen molar-refractivity contribution in [1.82, 2.24) is 19.5 Å². The summed E-state index contributed by atoms with van der Waals surface area (Å²) in [7, 11) is -3.94. The Bertz CT molecular complexity index is 1710. The number of hydrogen-bond donors (Lipinski definition) is 2. The maximum Gasteiger partial charge on any atom is 0.243 e. The second kappa shape index (κ2) is 10.9. The van der Waals surface area contributed by atoms with Crippen molar-refractivity contribution < 1.29 is 36.4 Å². The first-order valence-electron chi connectivity index (χ1n) is 12.7. The zero-order chi connectivity index (χ0) is 29.6. The second-order valence-electron chi connectivity index (χ2n) is 10.1. The minimum atomic E-state index is -3.94. The van der Waals surface area contributed by atoms with E-state index in [0.717, 1.165) is 4.90 Å². The van der Waals surface area contributed by atoms with Crippen LogP contribution in [0.4, 0.5) is 8.78 Å². The Morgan fingerprint density at radius 3 is 2.63 bits per heavy atom. The maximum absolute atomic E-state index is 14.5. The number of likely N-dealkylation sites (tertiary alicyclic amines) is 1. The number of sulfonamides is 1. The number of halogens is 3. The minimum absolute atomic E-state index is 0.112. The van der Waals surface area contributed by atoms with E-state index in [2.05, 4.69) is 5.32 Å². The third-order valence-corrected chi connectivity index (χ3v) is 9.31. The van der Waals surface area contributed by atoms with Crippen LogP contribution in [0.1, 0.15) is 46.5 Å². The zero-order valence-corrected chi connectivity index (χ0v) is 23.3. The average Bonchev–Trinajstić information content (AvgIpc) is 3.56. The first kappa shape index (κ1) is 28.7. The molecule has 2 fully saturated rings. The van der Waals surface area contributed by atoms with Gasteiger partial charge in [-0.2, -0.15) is 0 Å². The highest BCUT2D eigenvalue weighted by Crippen LogP contribution is 2.33. The van der Waals surface area contributed by atoms with E-state index in [1.807, 2.05) is 4.72 Å². The highest BCUT2D eigenvalue weighted by Gasteiger charge is 2.40. The summed E-state index contributed by atoms with van der Waals surface area (Å²) >= 11 is 5.79. The van der Waals surface area contributed by atoms with Crippen molar-refractivity contribution in [2.75, 3.05) is 6.54 Å². The van der Waals surface area contributed by atoms with Crippen LogP contribution in [0.2, 0.25) is 5.02 Å². The highest BCUT2D eigenvalue weighted by molar-refractivity contribution is 7.90. The fraction of sp³-hybridized carbons (Fsp3) is 0.333. The smallest absolute Gasteiger partial charge is 0.243 e. The Morgan fingerprint density at radius 1 is 1.20 bits per heavy atom. The van der Waals surface area contributed by atoms with E-state index in [0.29, 0.717) is 16.5 Å². The predicted octanol–water partition coefficient (Wildman–Crippen LogP) is 2.78. The Labute approximate surface area is 238 Å². The van der Waals surface area contributed by atoms with E-state index in [1.54, 1.807) is 6.07 Å². The summed E-state index contributed by atoms with van der Waals surface area (Å²) in [6.45, 7) is 0.424. The lowest BCUT2D eigenvalue weighted by atomic mass is 10.0. The van der Waals surface area contributed by atoms with Crippen molar-refractivity contribution in [2.24, 2.45) is 0 Å². The Balaban J connectivity index is 1.40. The number of aromatic nitrogens is 1. The van der Waals surface area contributed by atoms with Gasteiger partial charge in [-0.25, -0.2) is 17.2 Å². The number of nitrogens with zero attached hydrogens (tertiary/aromatic N) is 2. The number of fused-ring (bicyclic) bond motifs is 1. The Morgan fingerprint density at radius 2 is 1.95 bits per heavy atom. The van der Waals surface area contributed by atoms with Crippen LogP contribution < -0.4 is 10.0 Å². The molecule has 2 aliphatic rings. The number of ketones is 1. The first-order valence-corrected chi connectivity index (χ1v) is 14.6. The standard InChI is InChI=1S/C27H25ClF2N4O6S/c1-14(35)19-12-33(21-7-15(5-6-18(19)21)23-9-24(36)32-41(23,39)40)13-25(37)34-11-17(29)8-22(34)27(38)31-10-16-3-2-4-20(28)26(16)30/h2-7,12,17,22-23H,8-11,13H2,1H3,(H,31,38)(H,32,36)/t17-,22+,23?/m1/s1. The molecule has 1 unspecified atom stereocenters. The number of alkyl halides is 1. The summed E-state index contributed by atoms with van der Waals surface area (Å²) < 4.78 is 56.9. The van der Waals surface area contributed by atoms with E-state index in [4.69, 9.17) is 11.6 Å². The number of rotatable bonds is 7. The molecule has 2 N–H and O–H groups in total. The van der Waals surface area contributed by atoms with Crippen molar-refractivity contribution >= 4 is 56.0 Å². The van der Waals surface area contributed by atoms with Crippen LogP contribution in [0.15, 0.2) is 42.6 Å². The molecule has 2 aliphatic heterocycles. The molecule has 216 valence electrons. The number of carbonyl (C=O) groups excluding carboxylic acids is 4. The SMILES string of the molecule is CC(=O)c1cn(CC(=O)N2C[C@H](F)C[C@H]2C(=O)NCc2cccc(Cl)c2F)c2cc(C3CC(=O)NS3(=O)=O)ccc12. The molecule has 1 aromatic heterocycles. The number of Topliss-reactive ketones (excluding diaryl/α,β-unsaturated/α-hetero) is 1. The quantitative estimate of drug-likeness (QED) is 0.397. The number of nitrogens with one attached hydrogen (secondary N) is 2. The van der Waals surface area contributed by atoms with Crippen molar-refractivity contribution in [3.63, 3.8) is 0 Å². The molecule has 41 heavy (non-hydrogen) atoms. The molecule has 14 heteroatoms. The summed E-state index contributed by atoms with van der Waals surface area (Å²) in [6, 6.07) is 7.75. The monoisotopic (exact) mass is 606 g/mol. The van der Waals surface area contributed by atoms with Gasteiger partial charge in [0.15, 0.2) is 5.78 Å². The predicted molar refractivity (Wildman–Crippen MR) is 145 cm³/mol. The molecular formula is C27H25ClF2N4O6S. The van der Waals surface area contributed by atoms with Crippen LogP contribution in [-0.4, -0.2) is 60.1 Å². The number of hydrogen-bond acceptors (Lipinski definition) is 6. The molecule has 3 atom stereocenters. The van der Waals surface area contributed by atoms with Gasteiger partial charge in [-0.3, -0.25) is 23.9 Å². The summed E-state index contributed by atoms with van der Waals surface area (Å²) in [6.07, 6.45) is -0.530. The number of amides is 3. The molecule has 2 saturated heterocycles. The molecule has 0 saturated carbocycles. The van der Waals surface area contributed by atoms with Gasteiger partial charge < -0.3 is 14.8 Å². The fourth-order valence-electron chi connectivity index (χ4n) is 5.30. The molecule has 3 aromatic rings. The Hall–Kier alpha value is -3.84. The van der Waals surface area contributed by atoms with Gasteiger partial charge in [-0.15, -0.1) is 0 Å². The zero-order valence-electron chi connectivity index (χ0n) is 21.7. The highest BCUT2D eigenvalue weighted by atomic mass is 35.5. The van der Waals surface area contributed by atoms with Crippen LogP contribution in [0.25, 0.3) is 10.9 Å². The van der Waals surface area contributed by atoms with Gasteiger partial charge in [0.25, 0.3) is 0 Å². The van der Waals surface area contributed by atoms with Gasteiger partial charge in [-0.1, -0.05) is 35.9 Å². The Kier molecular flexibility index (Phi) is 7.60. The lowest BCUT2D eigenvalue weighted by molar-refractivity contribution is -0.139. The molecule has 0 spiro atoms. The average molecular weight is 607 g/mol. The minimum Gasteiger partial charge on any atom is -0.350 e. The summed E-state index contributed by atoms with van der Waals surface area (Å²) in [5, 5.41) is 1.75. The molecule has 2 aromatic carbocycles. The van der Waals surface area contributed by atoms with Gasteiger partial charge in [-0.05, 0) is 24.6 Å². The van der Waals surface area contributed by atoms with Crippen LogP contribution in [0.5, 0.6) is 0 Å². The molecule has 10 nitrogen and oxygen atoms in total. The third kappa shape index (κ3) is 5.55. The second-order valence-corrected chi connectivity index (χ2v) is 12.4. The molecule has 0 radical (unpaired) electrons. The summed E-state index contributed by atoms with van der Waals surface area (Å²) in [5.74, 6) is -2.90. The van der Waals surface area contributed by atoms with Crippen LogP contribution in [-0.2, 0) is 37.5 Å². The van der Waals surface area contributed by atoms with Crippen molar-refractivity contribution in [1.29, 1.82) is 0 Å². The van der Waals surface area contributed by atoms with Crippen LogP contribution >= 0.6 is 11.6 Å². The van der Waals surface area contributed by atoms with Gasteiger partial charge in [0.1, 0.15) is 29.8 Å². The van der Waals surface area contributed by atoms with Gasteiger partial charge in [0.05, 0.1) is 18.0 Å². The topological polar surface area (TPSA) is 135 Å². The number of carbonyl (C=O) groups is 4. The first-order chi connectivity index (χ1) is 19.4. The number of benzene rings is 2. The van der Waals surface area contributed by atoms with Gasteiger partial charge in [0.2, 0.25) is 27.7 Å². The van der Waals surface area contributed by atoms with E-state index < -0.39 is 51.0 Å². The molecule has 5 rings (SSSR count). The molecular weight excluding hydrogens is 582 g/mol. The molecule has 0 bridgehead atoms. The van der Waals surface area contributed by atoms with E-state index >= 15 is 0 Å². The largest absolute Gasteiger partial charge is 0.350 e. The molecule has 3 heterocycles. The lowest BCUT2D eigenvalue weighted by Gasteiger charge is -2.24. The van der Waals surface area contributed by atoms with Crippen molar-refractivity contribution in [2.45, 2.75) is 50.3 Å². The van der Waals surface area contributed by atoms with E-state index in [-0.39, 0.29) is 54.4 Å². The van der Waals surface area contributed by atoms with Crippen molar-refractivity contribution in [3.8, 4) is 0 Å². The summed E-state index contributed by atoms with van der Waals surface area (Å²) in [5.41, 5.74) is 1.08. The molecule has 0 aliphatic carbocycles. The normalized spacial score (nSPS) is 21.7. The third-order valence-electron chi connectivity index (χ3n) is 7.32. The maximum atomic E-state index is 14.5. The lowest BCUT2D eigenvalue weighted by Crippen LogP contribution is -2.46.